The SMILES string of the molecule is Fc1ccc(C=NNc2ncnc3scc(-c4ccccc4)c23)cc1. The highest BCUT2D eigenvalue weighted by molar-refractivity contribution is 7.17. The van der Waals surface area contributed by atoms with E-state index in [1.807, 2.05) is 18.2 Å². The minimum Gasteiger partial charge on any atom is -0.261 e. The number of halogens is 1. The van der Waals surface area contributed by atoms with Crippen LogP contribution in [-0.2, 0) is 0 Å². The Labute approximate surface area is 147 Å². The van der Waals surface area contributed by atoms with E-state index in [0.29, 0.717) is 5.82 Å². The molecule has 4 aromatic rings. The highest BCUT2D eigenvalue weighted by Crippen LogP contribution is 2.36. The molecule has 1 N–H and O–H groups in total. The average molecular weight is 348 g/mol. The van der Waals surface area contributed by atoms with Crippen LogP contribution in [0.15, 0.2) is 71.4 Å². The predicted molar refractivity (Wildman–Crippen MR) is 100 cm³/mol. The molecule has 6 heteroatoms. The van der Waals surface area contributed by atoms with Gasteiger partial charge in [-0.25, -0.2) is 14.4 Å². The number of hydrogen-bond donors (Lipinski definition) is 1. The molecule has 0 spiro atoms. The van der Waals surface area contributed by atoms with E-state index < -0.39 is 0 Å². The van der Waals surface area contributed by atoms with Gasteiger partial charge in [-0.1, -0.05) is 42.5 Å². The van der Waals surface area contributed by atoms with Gasteiger partial charge in [-0.3, -0.25) is 5.43 Å². The number of thiophene rings is 1. The van der Waals surface area contributed by atoms with Gasteiger partial charge in [0.1, 0.15) is 17.0 Å². The molecule has 0 amide bonds. The largest absolute Gasteiger partial charge is 0.261 e. The van der Waals surface area contributed by atoms with Crippen molar-refractivity contribution in [2.24, 2.45) is 5.10 Å². The number of hydrazone groups is 1. The third-order valence-electron chi connectivity index (χ3n) is 3.71. The predicted octanol–water partition coefficient (Wildman–Crippen LogP) is 4.94. The molecule has 4 rings (SSSR count). The van der Waals surface area contributed by atoms with Gasteiger partial charge < -0.3 is 0 Å². The van der Waals surface area contributed by atoms with Crippen LogP contribution < -0.4 is 5.43 Å². The molecule has 0 aliphatic heterocycles. The summed E-state index contributed by atoms with van der Waals surface area (Å²) in [4.78, 5) is 9.56. The lowest BCUT2D eigenvalue weighted by molar-refractivity contribution is 0.628. The van der Waals surface area contributed by atoms with Crippen LogP contribution in [-0.4, -0.2) is 16.2 Å². The summed E-state index contributed by atoms with van der Waals surface area (Å²) >= 11 is 1.57. The first kappa shape index (κ1) is 15.4. The first-order chi connectivity index (χ1) is 12.3. The van der Waals surface area contributed by atoms with Gasteiger partial charge in [-0.15, -0.1) is 11.3 Å². The van der Waals surface area contributed by atoms with Crippen LogP contribution in [0.4, 0.5) is 10.2 Å². The Kier molecular flexibility index (Phi) is 4.18. The fourth-order valence-electron chi connectivity index (χ4n) is 2.51. The van der Waals surface area contributed by atoms with Crippen LogP contribution in [0.3, 0.4) is 0 Å². The minimum atomic E-state index is -0.270. The maximum absolute atomic E-state index is 12.9. The third kappa shape index (κ3) is 3.25. The lowest BCUT2D eigenvalue weighted by Crippen LogP contribution is -1.95. The Hall–Kier alpha value is -3.12. The molecular weight excluding hydrogens is 335 g/mol. The summed E-state index contributed by atoms with van der Waals surface area (Å²) in [5, 5.41) is 7.24. The van der Waals surface area contributed by atoms with Crippen molar-refractivity contribution in [3.63, 3.8) is 0 Å². The topological polar surface area (TPSA) is 50.2 Å². The Morgan fingerprint density at radius 1 is 1.00 bits per heavy atom. The Morgan fingerprint density at radius 2 is 1.80 bits per heavy atom. The molecular formula is C19H13FN4S. The van der Waals surface area contributed by atoms with Gasteiger partial charge in [-0.2, -0.15) is 5.10 Å². The molecule has 0 bridgehead atoms. The lowest BCUT2D eigenvalue weighted by atomic mass is 10.1. The Bertz CT molecular complexity index is 1030. The Balaban J connectivity index is 1.68. The molecule has 0 atom stereocenters. The Morgan fingerprint density at radius 3 is 2.60 bits per heavy atom. The summed E-state index contributed by atoms with van der Waals surface area (Å²) in [6.45, 7) is 0. The van der Waals surface area contributed by atoms with Crippen molar-refractivity contribution < 1.29 is 4.39 Å². The van der Waals surface area contributed by atoms with Gasteiger partial charge in [0.05, 0.1) is 11.6 Å². The minimum absolute atomic E-state index is 0.270. The summed E-state index contributed by atoms with van der Waals surface area (Å²) in [5.41, 5.74) is 5.95. The van der Waals surface area contributed by atoms with Crippen LogP contribution in [0.2, 0.25) is 0 Å². The molecule has 25 heavy (non-hydrogen) atoms. The smallest absolute Gasteiger partial charge is 0.159 e. The van der Waals surface area contributed by atoms with Crippen molar-refractivity contribution in [1.29, 1.82) is 0 Å². The molecule has 2 aromatic carbocycles. The second kappa shape index (κ2) is 6.78. The van der Waals surface area contributed by atoms with Gasteiger partial charge >= 0.3 is 0 Å². The highest BCUT2D eigenvalue weighted by atomic mass is 32.1. The number of rotatable bonds is 4. The molecule has 0 fully saturated rings. The number of fused-ring (bicyclic) bond motifs is 1. The summed E-state index contributed by atoms with van der Waals surface area (Å²) in [7, 11) is 0. The van der Waals surface area contributed by atoms with Crippen LogP contribution >= 0.6 is 11.3 Å². The number of nitrogens with zero attached hydrogens (tertiary/aromatic N) is 3. The normalized spacial score (nSPS) is 11.2. The maximum Gasteiger partial charge on any atom is 0.159 e. The van der Waals surface area contributed by atoms with Crippen LogP contribution in [0, 0.1) is 5.82 Å². The van der Waals surface area contributed by atoms with Gasteiger partial charge in [0.25, 0.3) is 0 Å². The quantitative estimate of drug-likeness (QED) is 0.420. The summed E-state index contributed by atoms with van der Waals surface area (Å²) in [6, 6.07) is 16.2. The number of hydrogen-bond acceptors (Lipinski definition) is 5. The molecule has 0 radical (unpaired) electrons. The van der Waals surface area contributed by atoms with E-state index in [1.165, 1.54) is 18.5 Å². The van der Waals surface area contributed by atoms with Crippen LogP contribution in [0.5, 0.6) is 0 Å². The number of aromatic nitrogens is 2. The first-order valence-corrected chi connectivity index (χ1v) is 8.51. The molecule has 122 valence electrons. The van der Waals surface area contributed by atoms with Crippen molar-refractivity contribution >= 4 is 33.6 Å². The van der Waals surface area contributed by atoms with Crippen molar-refractivity contribution in [1.82, 2.24) is 9.97 Å². The summed E-state index contributed by atoms with van der Waals surface area (Å²) in [5.74, 6) is 0.372. The summed E-state index contributed by atoms with van der Waals surface area (Å²) < 4.78 is 12.9. The molecule has 0 saturated heterocycles. The monoisotopic (exact) mass is 348 g/mol. The first-order valence-electron chi connectivity index (χ1n) is 7.63. The van der Waals surface area contributed by atoms with E-state index in [4.69, 9.17) is 0 Å². The third-order valence-corrected chi connectivity index (χ3v) is 4.60. The zero-order valence-electron chi connectivity index (χ0n) is 13.1. The van der Waals surface area contributed by atoms with E-state index in [2.05, 4.69) is 38.0 Å². The standard InChI is InChI=1S/C19H13FN4S/c20-15-8-6-13(7-9-15)10-23-24-18-17-16(14-4-2-1-3-5-14)11-25-19(17)22-12-21-18/h1-12H,(H,21,22,24). The fourth-order valence-corrected chi connectivity index (χ4v) is 3.42. The number of anilines is 1. The number of nitrogens with one attached hydrogen (secondary N) is 1. The zero-order chi connectivity index (χ0) is 17.1. The molecule has 0 saturated carbocycles. The molecule has 2 heterocycles. The van der Waals surface area contributed by atoms with E-state index in [-0.39, 0.29) is 5.82 Å². The van der Waals surface area contributed by atoms with E-state index in [0.717, 1.165) is 26.9 Å². The second-order valence-corrected chi connectivity index (χ2v) is 6.20. The van der Waals surface area contributed by atoms with Gasteiger partial charge in [0, 0.05) is 10.9 Å². The fraction of sp³-hybridized carbons (Fsp3) is 0. The van der Waals surface area contributed by atoms with Gasteiger partial charge in [-0.05, 0) is 23.3 Å². The van der Waals surface area contributed by atoms with E-state index >= 15 is 0 Å². The molecule has 0 unspecified atom stereocenters. The molecule has 0 aliphatic carbocycles. The second-order valence-electron chi connectivity index (χ2n) is 5.34. The molecule has 4 nitrogen and oxygen atoms in total. The van der Waals surface area contributed by atoms with Crippen molar-refractivity contribution in [2.45, 2.75) is 0 Å². The van der Waals surface area contributed by atoms with Gasteiger partial charge in [0.2, 0.25) is 0 Å². The van der Waals surface area contributed by atoms with Crippen molar-refractivity contribution in [3.05, 3.63) is 77.7 Å². The average Bonchev–Trinajstić information content (AvgIpc) is 3.09. The number of benzene rings is 2. The zero-order valence-corrected chi connectivity index (χ0v) is 13.9. The van der Waals surface area contributed by atoms with E-state index in [1.54, 1.807) is 29.7 Å². The van der Waals surface area contributed by atoms with Crippen LogP contribution in [0.1, 0.15) is 5.56 Å². The summed E-state index contributed by atoms with van der Waals surface area (Å²) in [6.07, 6.45) is 3.14. The van der Waals surface area contributed by atoms with E-state index in [9.17, 15) is 4.39 Å². The maximum atomic E-state index is 12.9. The highest BCUT2D eigenvalue weighted by Gasteiger charge is 2.12. The molecule has 0 aliphatic rings. The van der Waals surface area contributed by atoms with Gasteiger partial charge in [0.15, 0.2) is 5.82 Å². The van der Waals surface area contributed by atoms with Crippen LogP contribution in [0.25, 0.3) is 21.3 Å². The molecule has 2 aromatic heterocycles. The van der Waals surface area contributed by atoms with Crippen molar-refractivity contribution in [2.75, 3.05) is 5.43 Å². The lowest BCUT2D eigenvalue weighted by Gasteiger charge is -2.04. The van der Waals surface area contributed by atoms with Crippen molar-refractivity contribution in [3.8, 4) is 11.1 Å².